The van der Waals surface area contributed by atoms with E-state index in [2.05, 4.69) is 16.4 Å². The number of hydrogen-bond donors (Lipinski definition) is 1. The van der Waals surface area contributed by atoms with Crippen LogP contribution >= 0.6 is 0 Å². The van der Waals surface area contributed by atoms with Gasteiger partial charge in [-0.25, -0.2) is 0 Å². The maximum atomic E-state index is 5.86. The number of nitrogens with one attached hydrogen (secondary N) is 1. The van der Waals surface area contributed by atoms with Crippen molar-refractivity contribution in [2.24, 2.45) is 0 Å². The Morgan fingerprint density at radius 3 is 2.89 bits per heavy atom. The zero-order valence-corrected chi connectivity index (χ0v) is 11.1. The van der Waals surface area contributed by atoms with E-state index in [1.54, 1.807) is 0 Å². The topological polar surface area (TPSA) is 34.1 Å². The van der Waals surface area contributed by atoms with Crippen molar-refractivity contribution < 1.29 is 4.74 Å². The molecule has 1 aromatic heterocycles. The lowest BCUT2D eigenvalue weighted by molar-refractivity contribution is 0.0659. The molecule has 0 bridgehead atoms. The van der Waals surface area contributed by atoms with E-state index < -0.39 is 0 Å². The lowest BCUT2D eigenvalue weighted by atomic mass is 10.2. The Bertz CT molecular complexity index is 530. The summed E-state index contributed by atoms with van der Waals surface area (Å²) in [4.78, 5) is 4.36. The maximum absolute atomic E-state index is 5.86. The highest BCUT2D eigenvalue weighted by atomic mass is 16.5. The summed E-state index contributed by atoms with van der Waals surface area (Å²) in [6.45, 7) is 1.63. The lowest BCUT2D eigenvalue weighted by Gasteiger charge is -2.13. The highest BCUT2D eigenvalue weighted by molar-refractivity contribution is 5.90. The highest BCUT2D eigenvalue weighted by Crippen LogP contribution is 2.22. The Morgan fingerprint density at radius 2 is 2.00 bits per heavy atom. The zero-order chi connectivity index (χ0) is 12.9. The third-order valence-electron chi connectivity index (χ3n) is 3.72. The molecule has 3 heteroatoms. The van der Waals surface area contributed by atoms with Gasteiger partial charge in [-0.3, -0.25) is 4.98 Å². The molecular weight excluding hydrogens is 236 g/mol. The van der Waals surface area contributed by atoms with Gasteiger partial charge >= 0.3 is 0 Å². The first kappa shape index (κ1) is 12.4. The van der Waals surface area contributed by atoms with Crippen LogP contribution in [0.2, 0.25) is 0 Å². The molecule has 1 aliphatic rings. The van der Waals surface area contributed by atoms with E-state index in [0.29, 0.717) is 6.10 Å². The Morgan fingerprint density at radius 1 is 1.16 bits per heavy atom. The van der Waals surface area contributed by atoms with E-state index in [0.717, 1.165) is 24.4 Å². The van der Waals surface area contributed by atoms with Gasteiger partial charge in [-0.15, -0.1) is 0 Å². The summed E-state index contributed by atoms with van der Waals surface area (Å²) in [5.41, 5.74) is 2.17. The minimum Gasteiger partial charge on any atom is -0.382 e. The van der Waals surface area contributed by atoms with E-state index in [1.807, 2.05) is 30.5 Å². The quantitative estimate of drug-likeness (QED) is 0.830. The van der Waals surface area contributed by atoms with Gasteiger partial charge in [-0.2, -0.15) is 0 Å². The molecule has 1 fully saturated rings. The molecule has 0 radical (unpaired) electrons. The molecule has 3 nitrogen and oxygen atoms in total. The second kappa shape index (κ2) is 6.02. The van der Waals surface area contributed by atoms with Crippen LogP contribution in [-0.4, -0.2) is 24.2 Å². The maximum Gasteiger partial charge on any atom is 0.0722 e. The van der Waals surface area contributed by atoms with Crippen LogP contribution in [0.1, 0.15) is 25.7 Å². The molecule has 19 heavy (non-hydrogen) atoms. The number of aromatic nitrogens is 1. The first-order valence-electron chi connectivity index (χ1n) is 7.13. The molecule has 1 N–H and O–H groups in total. The Labute approximate surface area is 114 Å². The molecule has 1 aliphatic carbocycles. The Kier molecular flexibility index (Phi) is 3.94. The predicted molar refractivity (Wildman–Crippen MR) is 78.4 cm³/mol. The second-order valence-corrected chi connectivity index (χ2v) is 5.08. The van der Waals surface area contributed by atoms with Gasteiger partial charge in [0, 0.05) is 23.8 Å². The molecule has 0 saturated heterocycles. The molecule has 0 aliphatic heterocycles. The molecule has 0 amide bonds. The minimum absolute atomic E-state index is 0.496. The molecule has 0 unspecified atom stereocenters. The smallest absolute Gasteiger partial charge is 0.0722 e. The van der Waals surface area contributed by atoms with E-state index in [-0.39, 0.29) is 0 Å². The van der Waals surface area contributed by atoms with E-state index in [4.69, 9.17) is 4.74 Å². The average Bonchev–Trinajstić information content (AvgIpc) is 2.97. The standard InChI is InChI=1S/C16H20N2O/c1-2-6-13(5-1)19-12-11-18-16-9-10-17-15-8-4-3-7-14(15)16/h3-4,7-10,13H,1-2,5-6,11-12H2,(H,17,18). The first-order chi connectivity index (χ1) is 9.43. The SMILES string of the molecule is c1ccc2c(NCCOC3CCCC3)ccnc2c1. The molecular formula is C16H20N2O. The Hall–Kier alpha value is -1.61. The number of rotatable bonds is 5. The summed E-state index contributed by atoms with van der Waals surface area (Å²) in [5, 5.41) is 4.62. The monoisotopic (exact) mass is 256 g/mol. The number of nitrogens with zero attached hydrogens (tertiary/aromatic N) is 1. The van der Waals surface area contributed by atoms with Gasteiger partial charge in [0.15, 0.2) is 0 Å². The first-order valence-corrected chi connectivity index (χ1v) is 7.13. The normalized spacial score (nSPS) is 16.0. The molecule has 3 rings (SSSR count). The summed E-state index contributed by atoms with van der Waals surface area (Å²) < 4.78 is 5.86. The van der Waals surface area contributed by atoms with Crippen molar-refractivity contribution in [3.05, 3.63) is 36.5 Å². The van der Waals surface area contributed by atoms with Crippen molar-refractivity contribution in [2.45, 2.75) is 31.8 Å². The van der Waals surface area contributed by atoms with Crippen molar-refractivity contribution in [3.8, 4) is 0 Å². The average molecular weight is 256 g/mol. The number of ether oxygens (including phenoxy) is 1. The lowest BCUT2D eigenvalue weighted by Crippen LogP contribution is -2.15. The summed E-state index contributed by atoms with van der Waals surface area (Å²) in [7, 11) is 0. The van der Waals surface area contributed by atoms with Crippen molar-refractivity contribution in [1.29, 1.82) is 0 Å². The van der Waals surface area contributed by atoms with Crippen LogP contribution in [0.5, 0.6) is 0 Å². The predicted octanol–water partition coefficient (Wildman–Crippen LogP) is 3.61. The number of hydrogen-bond acceptors (Lipinski definition) is 3. The van der Waals surface area contributed by atoms with Crippen LogP contribution in [-0.2, 0) is 4.74 Å². The van der Waals surface area contributed by atoms with Gasteiger partial charge in [-0.1, -0.05) is 31.0 Å². The van der Waals surface area contributed by atoms with Gasteiger partial charge in [-0.05, 0) is 25.0 Å². The van der Waals surface area contributed by atoms with Crippen LogP contribution in [0.15, 0.2) is 36.5 Å². The fourth-order valence-corrected chi connectivity index (χ4v) is 2.72. The number of anilines is 1. The van der Waals surface area contributed by atoms with Crippen LogP contribution in [0, 0.1) is 0 Å². The summed E-state index contributed by atoms with van der Waals surface area (Å²) in [5.74, 6) is 0. The minimum atomic E-state index is 0.496. The van der Waals surface area contributed by atoms with E-state index >= 15 is 0 Å². The number of fused-ring (bicyclic) bond motifs is 1. The fourth-order valence-electron chi connectivity index (χ4n) is 2.72. The van der Waals surface area contributed by atoms with E-state index in [9.17, 15) is 0 Å². The second-order valence-electron chi connectivity index (χ2n) is 5.08. The van der Waals surface area contributed by atoms with Crippen molar-refractivity contribution in [1.82, 2.24) is 4.98 Å². The molecule has 0 atom stereocenters. The molecule has 0 spiro atoms. The zero-order valence-electron chi connectivity index (χ0n) is 11.1. The van der Waals surface area contributed by atoms with Crippen molar-refractivity contribution in [3.63, 3.8) is 0 Å². The van der Waals surface area contributed by atoms with E-state index in [1.165, 1.54) is 31.1 Å². The summed E-state index contributed by atoms with van der Waals surface area (Å²) >= 11 is 0. The largest absolute Gasteiger partial charge is 0.382 e. The fraction of sp³-hybridized carbons (Fsp3) is 0.438. The van der Waals surface area contributed by atoms with Crippen LogP contribution < -0.4 is 5.32 Å². The highest BCUT2D eigenvalue weighted by Gasteiger charge is 2.14. The van der Waals surface area contributed by atoms with Gasteiger partial charge in [0.05, 0.1) is 18.2 Å². The number of pyridine rings is 1. The summed E-state index contributed by atoms with van der Waals surface area (Å²) in [6, 6.07) is 10.2. The van der Waals surface area contributed by atoms with Gasteiger partial charge in [0.2, 0.25) is 0 Å². The van der Waals surface area contributed by atoms with Crippen molar-refractivity contribution in [2.75, 3.05) is 18.5 Å². The van der Waals surface area contributed by atoms with Gasteiger partial charge < -0.3 is 10.1 Å². The molecule has 1 aromatic carbocycles. The Balaban J connectivity index is 1.56. The van der Waals surface area contributed by atoms with Crippen LogP contribution in [0.4, 0.5) is 5.69 Å². The number of benzene rings is 1. The van der Waals surface area contributed by atoms with Crippen molar-refractivity contribution >= 4 is 16.6 Å². The van der Waals surface area contributed by atoms with Gasteiger partial charge in [0.1, 0.15) is 0 Å². The molecule has 1 saturated carbocycles. The molecule has 2 aromatic rings. The third kappa shape index (κ3) is 3.04. The third-order valence-corrected chi connectivity index (χ3v) is 3.72. The van der Waals surface area contributed by atoms with Crippen LogP contribution in [0.25, 0.3) is 10.9 Å². The van der Waals surface area contributed by atoms with Gasteiger partial charge in [0.25, 0.3) is 0 Å². The molecule has 100 valence electrons. The summed E-state index contributed by atoms with van der Waals surface area (Å²) in [6.07, 6.45) is 7.47. The molecule has 1 heterocycles. The number of para-hydroxylation sites is 1. The van der Waals surface area contributed by atoms with Crippen LogP contribution in [0.3, 0.4) is 0 Å².